The minimum absolute atomic E-state index is 0.127. The molecule has 2 N–H and O–H groups in total. The number of ether oxygens (including phenoxy) is 1. The van der Waals surface area contributed by atoms with Crippen LogP contribution in [0, 0.1) is 5.82 Å². The standard InChI is InChI=1S/C26H31ClFN3O4S/c1-25(2,3)30-22(32)17-11-20-21(12-18(17)28)36-14-19(29-24(34)35-26(4,5)6)23(33)31(20)13-15-7-9-16(27)10-8-15/h7-12,19H,13-14H2,1-6H3,(H,29,34)(H,30,32)/t19-/m0/s1. The molecule has 1 atom stereocenters. The summed E-state index contributed by atoms with van der Waals surface area (Å²) in [4.78, 5) is 40.9. The van der Waals surface area contributed by atoms with Gasteiger partial charge in [0.05, 0.1) is 17.8 Å². The number of thioether (sulfide) groups is 1. The second kappa shape index (κ2) is 10.7. The molecule has 0 bridgehead atoms. The topological polar surface area (TPSA) is 87.7 Å². The van der Waals surface area contributed by atoms with Gasteiger partial charge in [0.25, 0.3) is 11.8 Å². The van der Waals surface area contributed by atoms with E-state index in [1.54, 1.807) is 65.8 Å². The number of carbonyl (C=O) groups excluding carboxylic acids is 3. The molecular formula is C26H31ClFN3O4S. The molecule has 36 heavy (non-hydrogen) atoms. The molecule has 0 aromatic heterocycles. The Bertz CT molecular complexity index is 1160. The Morgan fingerprint density at radius 2 is 1.78 bits per heavy atom. The highest BCUT2D eigenvalue weighted by atomic mass is 35.5. The summed E-state index contributed by atoms with van der Waals surface area (Å²) in [6.07, 6.45) is -0.727. The predicted molar refractivity (Wildman–Crippen MR) is 140 cm³/mol. The molecule has 7 nitrogen and oxygen atoms in total. The fourth-order valence-corrected chi connectivity index (χ4v) is 4.69. The molecule has 2 aromatic carbocycles. The van der Waals surface area contributed by atoms with Gasteiger partial charge in [-0.3, -0.25) is 9.59 Å². The van der Waals surface area contributed by atoms with Crippen molar-refractivity contribution in [1.82, 2.24) is 10.6 Å². The molecule has 1 aliphatic rings. The first kappa shape index (κ1) is 27.8. The Kier molecular flexibility index (Phi) is 8.25. The van der Waals surface area contributed by atoms with Crippen molar-refractivity contribution in [3.05, 3.63) is 58.4 Å². The number of benzene rings is 2. The minimum atomic E-state index is -0.931. The lowest BCUT2D eigenvalue weighted by Gasteiger charge is -2.27. The Morgan fingerprint density at radius 3 is 2.36 bits per heavy atom. The van der Waals surface area contributed by atoms with Gasteiger partial charge in [-0.05, 0) is 71.4 Å². The monoisotopic (exact) mass is 535 g/mol. The average Bonchev–Trinajstić information content (AvgIpc) is 2.84. The molecule has 3 amide bonds. The number of alkyl carbamates (subject to hydrolysis) is 1. The number of fused-ring (bicyclic) bond motifs is 1. The SMILES string of the molecule is CC(C)(C)NC(=O)c1cc2c(cc1F)SC[C@H](NC(=O)OC(C)(C)C)C(=O)N2Cc1ccc(Cl)cc1. The number of rotatable bonds is 4. The van der Waals surface area contributed by atoms with E-state index < -0.39 is 40.9 Å². The van der Waals surface area contributed by atoms with Crippen LogP contribution in [0.3, 0.4) is 0 Å². The Hall–Kier alpha value is -2.78. The lowest BCUT2D eigenvalue weighted by atomic mass is 10.1. The number of nitrogens with zero attached hydrogens (tertiary/aromatic N) is 1. The quantitative estimate of drug-likeness (QED) is 0.536. The molecule has 0 unspecified atom stereocenters. The zero-order valence-electron chi connectivity index (χ0n) is 21.2. The molecule has 10 heteroatoms. The fourth-order valence-electron chi connectivity index (χ4n) is 3.49. The summed E-state index contributed by atoms with van der Waals surface area (Å²) in [5.41, 5.74) is -0.334. The number of amides is 3. The van der Waals surface area contributed by atoms with Crippen LogP contribution in [0.15, 0.2) is 41.3 Å². The normalized spacial score (nSPS) is 16.2. The summed E-state index contributed by atoms with van der Waals surface area (Å²) in [5, 5.41) is 5.95. The number of hydrogen-bond donors (Lipinski definition) is 2. The predicted octanol–water partition coefficient (Wildman–Crippen LogP) is 5.54. The van der Waals surface area contributed by atoms with Crippen LogP contribution in [-0.2, 0) is 16.1 Å². The van der Waals surface area contributed by atoms with Crippen LogP contribution in [0.4, 0.5) is 14.9 Å². The molecule has 194 valence electrons. The summed E-state index contributed by atoms with van der Waals surface area (Å²) in [6, 6.07) is 8.69. The van der Waals surface area contributed by atoms with E-state index in [0.29, 0.717) is 15.6 Å². The van der Waals surface area contributed by atoms with E-state index in [0.717, 1.165) is 5.56 Å². The molecule has 0 saturated carbocycles. The number of hydrogen-bond acceptors (Lipinski definition) is 5. The van der Waals surface area contributed by atoms with Crippen LogP contribution in [0.5, 0.6) is 0 Å². The van der Waals surface area contributed by atoms with E-state index in [1.165, 1.54) is 28.8 Å². The van der Waals surface area contributed by atoms with Gasteiger partial charge in [0.2, 0.25) is 0 Å². The van der Waals surface area contributed by atoms with Crippen LogP contribution in [0.1, 0.15) is 57.5 Å². The van der Waals surface area contributed by atoms with E-state index in [9.17, 15) is 14.4 Å². The minimum Gasteiger partial charge on any atom is -0.444 e. The lowest BCUT2D eigenvalue weighted by Crippen LogP contribution is -2.50. The highest BCUT2D eigenvalue weighted by Gasteiger charge is 2.34. The summed E-state index contributed by atoms with van der Waals surface area (Å²) in [7, 11) is 0. The van der Waals surface area contributed by atoms with Crippen molar-refractivity contribution in [2.75, 3.05) is 10.7 Å². The van der Waals surface area contributed by atoms with E-state index >= 15 is 4.39 Å². The largest absolute Gasteiger partial charge is 0.444 e. The van der Waals surface area contributed by atoms with Gasteiger partial charge >= 0.3 is 6.09 Å². The lowest BCUT2D eigenvalue weighted by molar-refractivity contribution is -0.120. The molecule has 3 rings (SSSR count). The maximum Gasteiger partial charge on any atom is 0.408 e. The summed E-state index contributed by atoms with van der Waals surface area (Å²) < 4.78 is 20.4. The van der Waals surface area contributed by atoms with Gasteiger partial charge in [-0.2, -0.15) is 0 Å². The average molecular weight is 536 g/mol. The highest BCUT2D eigenvalue weighted by Crippen LogP contribution is 2.37. The molecule has 0 spiro atoms. The van der Waals surface area contributed by atoms with Crippen LogP contribution in [-0.4, -0.2) is 40.8 Å². The van der Waals surface area contributed by atoms with Gasteiger partial charge in [-0.15, -0.1) is 11.8 Å². The van der Waals surface area contributed by atoms with Gasteiger partial charge in [0.15, 0.2) is 0 Å². The summed E-state index contributed by atoms with van der Waals surface area (Å²) >= 11 is 7.24. The molecule has 1 heterocycles. The van der Waals surface area contributed by atoms with Crippen LogP contribution in [0.25, 0.3) is 0 Å². The first-order valence-corrected chi connectivity index (χ1v) is 12.8. The molecule has 0 aliphatic carbocycles. The van der Waals surface area contributed by atoms with Crippen molar-refractivity contribution in [1.29, 1.82) is 0 Å². The van der Waals surface area contributed by atoms with Crippen molar-refractivity contribution in [3.63, 3.8) is 0 Å². The fraction of sp³-hybridized carbons (Fsp3) is 0.423. The molecule has 1 aliphatic heterocycles. The van der Waals surface area contributed by atoms with Crippen LogP contribution < -0.4 is 15.5 Å². The first-order chi connectivity index (χ1) is 16.6. The van der Waals surface area contributed by atoms with Crippen molar-refractivity contribution < 1.29 is 23.5 Å². The smallest absolute Gasteiger partial charge is 0.408 e. The summed E-state index contributed by atoms with van der Waals surface area (Å²) in [5.74, 6) is -1.52. The third-order valence-corrected chi connectivity index (χ3v) is 6.38. The van der Waals surface area contributed by atoms with Gasteiger partial charge in [0.1, 0.15) is 17.5 Å². The van der Waals surface area contributed by atoms with Gasteiger partial charge in [-0.25, -0.2) is 9.18 Å². The maximum atomic E-state index is 15.0. The van der Waals surface area contributed by atoms with Crippen molar-refractivity contribution >= 4 is 47.0 Å². The number of halogens is 2. The van der Waals surface area contributed by atoms with Crippen molar-refractivity contribution in [2.45, 2.75) is 70.2 Å². The second-order valence-corrected chi connectivity index (χ2v) is 12.1. The van der Waals surface area contributed by atoms with Gasteiger partial charge in [0, 0.05) is 21.2 Å². The number of anilines is 1. The Balaban J connectivity index is 2.02. The molecule has 0 saturated heterocycles. The zero-order valence-corrected chi connectivity index (χ0v) is 22.8. The van der Waals surface area contributed by atoms with E-state index in [-0.39, 0.29) is 17.9 Å². The maximum absolute atomic E-state index is 15.0. The third-order valence-electron chi connectivity index (χ3n) is 4.99. The Morgan fingerprint density at radius 1 is 1.14 bits per heavy atom. The second-order valence-electron chi connectivity index (χ2n) is 10.6. The summed E-state index contributed by atoms with van der Waals surface area (Å²) in [6.45, 7) is 10.7. The Labute approximate surface area is 220 Å². The first-order valence-electron chi connectivity index (χ1n) is 11.5. The number of carbonyl (C=O) groups is 3. The van der Waals surface area contributed by atoms with Crippen LogP contribution >= 0.6 is 23.4 Å². The van der Waals surface area contributed by atoms with E-state index in [1.807, 2.05) is 0 Å². The van der Waals surface area contributed by atoms with Crippen LogP contribution in [0.2, 0.25) is 5.02 Å². The molecule has 0 radical (unpaired) electrons. The van der Waals surface area contributed by atoms with Crippen molar-refractivity contribution in [3.8, 4) is 0 Å². The highest BCUT2D eigenvalue weighted by molar-refractivity contribution is 7.99. The molecule has 0 fully saturated rings. The van der Waals surface area contributed by atoms with Gasteiger partial charge in [-0.1, -0.05) is 23.7 Å². The third kappa shape index (κ3) is 7.36. The zero-order chi connectivity index (χ0) is 26.8. The molecular weight excluding hydrogens is 505 g/mol. The number of nitrogens with one attached hydrogen (secondary N) is 2. The van der Waals surface area contributed by atoms with E-state index in [2.05, 4.69) is 10.6 Å². The van der Waals surface area contributed by atoms with Crippen molar-refractivity contribution in [2.24, 2.45) is 0 Å². The van der Waals surface area contributed by atoms with Gasteiger partial charge < -0.3 is 20.3 Å². The van der Waals surface area contributed by atoms with E-state index in [4.69, 9.17) is 16.3 Å². The molecule has 2 aromatic rings.